The van der Waals surface area contributed by atoms with Crippen molar-refractivity contribution < 1.29 is 9.53 Å². The minimum atomic E-state index is -0.241. The molecule has 6 heteroatoms. The molecule has 1 amide bonds. The van der Waals surface area contributed by atoms with Gasteiger partial charge >= 0.3 is 0 Å². The zero-order valence-electron chi connectivity index (χ0n) is 11.2. The number of ether oxygens (including phenoxy) is 1. The minimum Gasteiger partial charge on any atom is -0.377 e. The van der Waals surface area contributed by atoms with Crippen LogP contribution in [-0.2, 0) is 9.53 Å². The van der Waals surface area contributed by atoms with Crippen molar-refractivity contribution in [3.8, 4) is 0 Å². The van der Waals surface area contributed by atoms with Gasteiger partial charge in [0.05, 0.1) is 13.2 Å². The first-order chi connectivity index (χ1) is 9.34. The molecular weight excluding hydrogens is 244 g/mol. The maximum Gasteiger partial charge on any atom is 0.254 e. The monoisotopic (exact) mass is 266 g/mol. The molecular formula is C13H22N4O2. The Morgan fingerprint density at radius 3 is 2.89 bits per heavy atom. The normalized spacial score (nSPS) is 31.9. The molecule has 0 aromatic heterocycles. The van der Waals surface area contributed by atoms with Crippen LogP contribution in [0.25, 0.3) is 0 Å². The smallest absolute Gasteiger partial charge is 0.254 e. The zero-order valence-corrected chi connectivity index (χ0v) is 11.2. The summed E-state index contributed by atoms with van der Waals surface area (Å²) in [5.41, 5.74) is 10.3. The van der Waals surface area contributed by atoms with Crippen molar-refractivity contribution in [2.75, 3.05) is 26.3 Å². The van der Waals surface area contributed by atoms with Gasteiger partial charge in [-0.3, -0.25) is 10.2 Å². The number of hydrogen-bond acceptors (Lipinski definition) is 5. The van der Waals surface area contributed by atoms with Gasteiger partial charge in [0, 0.05) is 24.7 Å². The fraction of sp³-hybridized carbons (Fsp3) is 0.769. The van der Waals surface area contributed by atoms with Crippen LogP contribution in [0.3, 0.4) is 0 Å². The van der Waals surface area contributed by atoms with Crippen LogP contribution in [0.1, 0.15) is 25.7 Å². The van der Waals surface area contributed by atoms with Gasteiger partial charge in [0.2, 0.25) is 0 Å². The molecule has 3 aliphatic rings. The van der Waals surface area contributed by atoms with Gasteiger partial charge in [-0.1, -0.05) is 12.8 Å². The summed E-state index contributed by atoms with van der Waals surface area (Å²) in [6.45, 7) is 3.14. The number of nitrogens with zero attached hydrogens (tertiary/aromatic N) is 1. The van der Waals surface area contributed by atoms with Gasteiger partial charge in [0.1, 0.15) is 6.04 Å². The molecule has 0 aromatic carbocycles. The first-order valence-electron chi connectivity index (χ1n) is 7.19. The highest BCUT2D eigenvalue weighted by Crippen LogP contribution is 2.22. The largest absolute Gasteiger partial charge is 0.377 e. The van der Waals surface area contributed by atoms with Crippen LogP contribution in [-0.4, -0.2) is 43.3 Å². The third kappa shape index (κ3) is 2.91. The Morgan fingerprint density at radius 2 is 2.11 bits per heavy atom. The summed E-state index contributed by atoms with van der Waals surface area (Å²) in [7, 11) is 0. The van der Waals surface area contributed by atoms with Crippen LogP contribution in [0.4, 0.5) is 0 Å². The number of hydrazine groups is 2. The van der Waals surface area contributed by atoms with E-state index in [-0.39, 0.29) is 17.9 Å². The summed E-state index contributed by atoms with van der Waals surface area (Å²) in [5.74, 6) is 0.147. The molecule has 0 saturated carbocycles. The van der Waals surface area contributed by atoms with E-state index in [1.165, 1.54) is 12.8 Å². The van der Waals surface area contributed by atoms with Gasteiger partial charge in [-0.25, -0.2) is 10.4 Å². The Labute approximate surface area is 113 Å². The number of nitrogens with one attached hydrogen (secondary N) is 3. The van der Waals surface area contributed by atoms with E-state index < -0.39 is 0 Å². The molecule has 2 saturated heterocycles. The second kappa shape index (κ2) is 5.90. The lowest BCUT2D eigenvalue weighted by Crippen LogP contribution is -2.52. The number of rotatable bonds is 2. The van der Waals surface area contributed by atoms with Gasteiger partial charge in [0.25, 0.3) is 5.91 Å². The Morgan fingerprint density at radius 1 is 1.32 bits per heavy atom. The molecule has 106 valence electrons. The summed E-state index contributed by atoms with van der Waals surface area (Å²) in [4.78, 5) is 12.3. The summed E-state index contributed by atoms with van der Waals surface area (Å²) in [5, 5.41) is 2.06. The van der Waals surface area contributed by atoms with Gasteiger partial charge in [-0.15, -0.1) is 0 Å². The maximum atomic E-state index is 12.3. The highest BCUT2D eigenvalue weighted by atomic mass is 16.5. The van der Waals surface area contributed by atoms with Crippen molar-refractivity contribution in [1.82, 2.24) is 21.3 Å². The summed E-state index contributed by atoms with van der Waals surface area (Å²) >= 11 is 0. The van der Waals surface area contributed by atoms with Crippen molar-refractivity contribution in [3.63, 3.8) is 0 Å². The van der Waals surface area contributed by atoms with Gasteiger partial charge in [-0.2, -0.15) is 0 Å². The predicted octanol–water partition coefficient (Wildman–Crippen LogP) is -0.0997. The standard InChI is InChI=1S/C13H22N4O2/c18-13(16-17-6-3-1-2-4-7-17)12-10-9-19-8-5-11(10)14-15-12/h5,10,12,14-15H,1-4,6-9H2,(H,16,18). The topological polar surface area (TPSA) is 65.6 Å². The number of carbonyl (C=O) groups is 1. The van der Waals surface area contributed by atoms with E-state index in [1.807, 2.05) is 6.08 Å². The molecule has 0 bridgehead atoms. The highest BCUT2D eigenvalue weighted by Gasteiger charge is 2.38. The van der Waals surface area contributed by atoms with Crippen LogP contribution < -0.4 is 16.3 Å². The van der Waals surface area contributed by atoms with E-state index in [0.29, 0.717) is 13.2 Å². The fourth-order valence-corrected chi connectivity index (χ4v) is 2.92. The van der Waals surface area contributed by atoms with Gasteiger partial charge < -0.3 is 10.2 Å². The van der Waals surface area contributed by atoms with Crippen molar-refractivity contribution in [3.05, 3.63) is 11.8 Å². The molecule has 0 spiro atoms. The van der Waals surface area contributed by atoms with Crippen LogP contribution in [0.15, 0.2) is 11.8 Å². The Bertz CT molecular complexity index is 364. The second-order valence-corrected chi connectivity index (χ2v) is 5.43. The number of hydrogen-bond donors (Lipinski definition) is 3. The SMILES string of the molecule is O=C(NN1CCCCCC1)C1NNC2=CCOCC21. The zero-order chi connectivity index (χ0) is 13.1. The van der Waals surface area contributed by atoms with Crippen LogP contribution in [0.2, 0.25) is 0 Å². The quantitative estimate of drug-likeness (QED) is 0.651. The molecule has 2 atom stereocenters. The van der Waals surface area contributed by atoms with Crippen LogP contribution >= 0.6 is 0 Å². The molecule has 3 heterocycles. The van der Waals surface area contributed by atoms with Crippen LogP contribution in [0, 0.1) is 5.92 Å². The third-order valence-electron chi connectivity index (χ3n) is 4.05. The lowest BCUT2D eigenvalue weighted by Gasteiger charge is -2.25. The highest BCUT2D eigenvalue weighted by molar-refractivity contribution is 5.82. The summed E-state index contributed by atoms with van der Waals surface area (Å²) < 4.78 is 5.42. The Hall–Kier alpha value is -1.11. The fourth-order valence-electron chi connectivity index (χ4n) is 2.92. The molecule has 3 rings (SSSR count). The van der Waals surface area contributed by atoms with Crippen molar-refractivity contribution in [2.45, 2.75) is 31.7 Å². The first-order valence-corrected chi connectivity index (χ1v) is 7.19. The molecule has 0 aliphatic carbocycles. The molecule has 0 radical (unpaired) electrons. The van der Waals surface area contributed by atoms with Crippen molar-refractivity contribution in [2.24, 2.45) is 5.92 Å². The van der Waals surface area contributed by atoms with E-state index in [4.69, 9.17) is 4.74 Å². The summed E-state index contributed by atoms with van der Waals surface area (Å²) in [6.07, 6.45) is 6.85. The average molecular weight is 266 g/mol. The molecule has 3 N–H and O–H groups in total. The lowest BCUT2D eigenvalue weighted by atomic mass is 9.97. The first kappa shape index (κ1) is 12.9. The second-order valence-electron chi connectivity index (χ2n) is 5.43. The van der Waals surface area contributed by atoms with E-state index in [9.17, 15) is 4.79 Å². The number of carbonyl (C=O) groups excluding carboxylic acids is 1. The van der Waals surface area contributed by atoms with E-state index in [0.717, 1.165) is 31.6 Å². The Balaban J connectivity index is 1.58. The van der Waals surface area contributed by atoms with Gasteiger partial charge in [-0.05, 0) is 18.9 Å². The molecule has 2 unspecified atom stereocenters. The predicted molar refractivity (Wildman–Crippen MR) is 70.6 cm³/mol. The molecule has 0 aromatic rings. The van der Waals surface area contributed by atoms with Crippen molar-refractivity contribution >= 4 is 5.91 Å². The number of fused-ring (bicyclic) bond motifs is 1. The maximum absolute atomic E-state index is 12.3. The Kier molecular flexibility index (Phi) is 4.00. The molecule has 2 fully saturated rings. The van der Waals surface area contributed by atoms with Gasteiger partial charge in [0.15, 0.2) is 0 Å². The van der Waals surface area contributed by atoms with E-state index in [2.05, 4.69) is 21.3 Å². The van der Waals surface area contributed by atoms with Crippen LogP contribution in [0.5, 0.6) is 0 Å². The molecule has 19 heavy (non-hydrogen) atoms. The molecule has 6 nitrogen and oxygen atoms in total. The minimum absolute atomic E-state index is 0.0355. The lowest BCUT2D eigenvalue weighted by molar-refractivity contribution is -0.129. The number of amides is 1. The van der Waals surface area contributed by atoms with Crippen molar-refractivity contribution in [1.29, 1.82) is 0 Å². The third-order valence-corrected chi connectivity index (χ3v) is 4.05. The summed E-state index contributed by atoms with van der Waals surface area (Å²) in [6, 6.07) is -0.241. The molecule has 3 aliphatic heterocycles. The average Bonchev–Trinajstić information content (AvgIpc) is 2.70. The van der Waals surface area contributed by atoms with E-state index >= 15 is 0 Å². The van der Waals surface area contributed by atoms with E-state index in [1.54, 1.807) is 0 Å².